The van der Waals surface area contributed by atoms with Gasteiger partial charge in [-0.3, -0.25) is 0 Å². The van der Waals surface area contributed by atoms with E-state index in [0.29, 0.717) is 0 Å². The molecule has 0 aliphatic rings. The average Bonchev–Trinajstić information content (AvgIpc) is 2.47. The van der Waals surface area contributed by atoms with E-state index in [2.05, 4.69) is 30.0 Å². The highest BCUT2D eigenvalue weighted by molar-refractivity contribution is 5.88. The zero-order valence-electron chi connectivity index (χ0n) is 10.4. The Hall–Kier alpha value is -2.72. The molecule has 0 fully saturated rings. The molecule has 0 aliphatic heterocycles. The standard InChI is InChI=1S/C18H13N/c19-17-12-9-14(10-13-17)8-11-16-6-3-5-15-4-1-2-7-18(15)16/h1-7,9-10,12-13H,19H2. The lowest BCUT2D eigenvalue weighted by Crippen LogP contribution is -1.83. The lowest BCUT2D eigenvalue weighted by Gasteiger charge is -1.99. The second-order valence-electron chi connectivity index (χ2n) is 4.40. The molecule has 0 unspecified atom stereocenters. The van der Waals surface area contributed by atoms with Crippen molar-refractivity contribution in [1.29, 1.82) is 0 Å². The molecule has 3 aromatic carbocycles. The van der Waals surface area contributed by atoms with Crippen LogP contribution in [0.5, 0.6) is 0 Å². The second-order valence-corrected chi connectivity index (χ2v) is 4.40. The zero-order chi connectivity index (χ0) is 13.1. The molecule has 90 valence electrons. The van der Waals surface area contributed by atoms with Crippen molar-refractivity contribution in [2.45, 2.75) is 0 Å². The number of hydrogen-bond donors (Lipinski definition) is 1. The summed E-state index contributed by atoms with van der Waals surface area (Å²) in [5.41, 5.74) is 8.45. The number of anilines is 1. The summed E-state index contributed by atoms with van der Waals surface area (Å²) in [6.45, 7) is 0. The van der Waals surface area contributed by atoms with Crippen LogP contribution < -0.4 is 5.73 Å². The van der Waals surface area contributed by atoms with Gasteiger partial charge >= 0.3 is 0 Å². The van der Waals surface area contributed by atoms with Gasteiger partial charge in [0.05, 0.1) is 0 Å². The number of rotatable bonds is 0. The molecule has 0 spiro atoms. The van der Waals surface area contributed by atoms with Crippen LogP contribution in [0.25, 0.3) is 10.8 Å². The summed E-state index contributed by atoms with van der Waals surface area (Å²) in [6, 6.07) is 22.1. The fourth-order valence-electron chi connectivity index (χ4n) is 2.04. The molecule has 0 aliphatic carbocycles. The van der Waals surface area contributed by atoms with Crippen molar-refractivity contribution in [2.24, 2.45) is 0 Å². The highest BCUT2D eigenvalue weighted by Gasteiger charge is 1.96. The van der Waals surface area contributed by atoms with Gasteiger partial charge in [-0.15, -0.1) is 0 Å². The van der Waals surface area contributed by atoms with Crippen molar-refractivity contribution in [1.82, 2.24) is 0 Å². The Morgan fingerprint density at radius 3 is 2.26 bits per heavy atom. The molecule has 1 heteroatoms. The van der Waals surface area contributed by atoms with Crippen LogP contribution in [0.1, 0.15) is 11.1 Å². The summed E-state index contributed by atoms with van der Waals surface area (Å²) in [5.74, 6) is 6.41. The van der Waals surface area contributed by atoms with E-state index < -0.39 is 0 Å². The summed E-state index contributed by atoms with van der Waals surface area (Å²) in [6.07, 6.45) is 0. The maximum absolute atomic E-state index is 5.66. The van der Waals surface area contributed by atoms with Crippen LogP contribution in [0.4, 0.5) is 5.69 Å². The van der Waals surface area contributed by atoms with Crippen molar-refractivity contribution < 1.29 is 0 Å². The molecule has 0 heterocycles. The molecule has 2 N–H and O–H groups in total. The fourth-order valence-corrected chi connectivity index (χ4v) is 2.04. The van der Waals surface area contributed by atoms with Crippen molar-refractivity contribution in [3.8, 4) is 11.8 Å². The molecule has 0 saturated carbocycles. The summed E-state index contributed by atoms with van der Waals surface area (Å²) in [7, 11) is 0. The van der Waals surface area contributed by atoms with Gasteiger partial charge in [-0.05, 0) is 41.1 Å². The van der Waals surface area contributed by atoms with E-state index in [1.807, 2.05) is 48.5 Å². The molecule has 1 nitrogen and oxygen atoms in total. The lowest BCUT2D eigenvalue weighted by atomic mass is 10.0. The molecule has 0 saturated heterocycles. The average molecular weight is 243 g/mol. The minimum Gasteiger partial charge on any atom is -0.399 e. The highest BCUT2D eigenvalue weighted by Crippen LogP contribution is 2.17. The van der Waals surface area contributed by atoms with Gasteiger partial charge in [0.25, 0.3) is 0 Å². The summed E-state index contributed by atoms with van der Waals surface area (Å²) < 4.78 is 0. The van der Waals surface area contributed by atoms with Crippen molar-refractivity contribution >= 4 is 16.5 Å². The Bertz CT molecular complexity index is 769. The first-order chi connectivity index (χ1) is 9.33. The monoisotopic (exact) mass is 243 g/mol. The Kier molecular flexibility index (Phi) is 2.92. The first-order valence-electron chi connectivity index (χ1n) is 6.18. The molecular weight excluding hydrogens is 230 g/mol. The number of fused-ring (bicyclic) bond motifs is 1. The number of hydrogen-bond acceptors (Lipinski definition) is 1. The predicted molar refractivity (Wildman–Crippen MR) is 80.8 cm³/mol. The Labute approximate surface area is 112 Å². The van der Waals surface area contributed by atoms with E-state index in [4.69, 9.17) is 5.73 Å². The molecule has 19 heavy (non-hydrogen) atoms. The van der Waals surface area contributed by atoms with Crippen LogP contribution in [0.15, 0.2) is 66.7 Å². The lowest BCUT2D eigenvalue weighted by molar-refractivity contribution is 1.63. The second kappa shape index (κ2) is 4.88. The van der Waals surface area contributed by atoms with Gasteiger partial charge in [-0.25, -0.2) is 0 Å². The summed E-state index contributed by atoms with van der Waals surface area (Å²) >= 11 is 0. The van der Waals surface area contributed by atoms with Gasteiger partial charge in [-0.1, -0.05) is 48.2 Å². The Morgan fingerprint density at radius 1 is 0.684 bits per heavy atom. The van der Waals surface area contributed by atoms with Crippen LogP contribution in [-0.2, 0) is 0 Å². The van der Waals surface area contributed by atoms with Crippen molar-refractivity contribution in [2.75, 3.05) is 5.73 Å². The topological polar surface area (TPSA) is 26.0 Å². The van der Waals surface area contributed by atoms with E-state index in [9.17, 15) is 0 Å². The van der Waals surface area contributed by atoms with Crippen LogP contribution in [0.2, 0.25) is 0 Å². The molecule has 0 amide bonds. The van der Waals surface area contributed by atoms with E-state index >= 15 is 0 Å². The molecule has 3 rings (SSSR count). The van der Waals surface area contributed by atoms with Crippen LogP contribution in [0.3, 0.4) is 0 Å². The molecular formula is C18H13N. The summed E-state index contributed by atoms with van der Waals surface area (Å²) in [4.78, 5) is 0. The normalized spacial score (nSPS) is 9.89. The van der Waals surface area contributed by atoms with Crippen LogP contribution in [0, 0.1) is 11.8 Å². The predicted octanol–water partition coefficient (Wildman–Crippen LogP) is 3.82. The first kappa shape index (κ1) is 11.4. The van der Waals surface area contributed by atoms with E-state index in [-0.39, 0.29) is 0 Å². The first-order valence-corrected chi connectivity index (χ1v) is 6.18. The van der Waals surface area contributed by atoms with Gasteiger partial charge in [0.15, 0.2) is 0 Å². The third-order valence-electron chi connectivity index (χ3n) is 3.04. The molecule has 0 aromatic heterocycles. The SMILES string of the molecule is Nc1ccc(C#Cc2cccc3ccccc23)cc1. The molecule has 3 aromatic rings. The Balaban J connectivity index is 2.05. The van der Waals surface area contributed by atoms with E-state index in [1.54, 1.807) is 0 Å². The third kappa shape index (κ3) is 2.43. The number of nitrogen functional groups attached to an aromatic ring is 1. The minimum atomic E-state index is 0.760. The van der Waals surface area contributed by atoms with Gasteiger partial charge in [0.1, 0.15) is 0 Å². The highest BCUT2D eigenvalue weighted by atomic mass is 14.5. The van der Waals surface area contributed by atoms with Gasteiger partial charge in [0, 0.05) is 16.8 Å². The largest absolute Gasteiger partial charge is 0.399 e. The third-order valence-corrected chi connectivity index (χ3v) is 3.04. The quantitative estimate of drug-likeness (QED) is 0.471. The Morgan fingerprint density at radius 2 is 1.42 bits per heavy atom. The maximum atomic E-state index is 5.66. The number of benzene rings is 3. The summed E-state index contributed by atoms with van der Waals surface area (Å²) in [5, 5.41) is 2.40. The molecule has 0 atom stereocenters. The smallest absolute Gasteiger partial charge is 0.0327 e. The van der Waals surface area contributed by atoms with Crippen LogP contribution in [-0.4, -0.2) is 0 Å². The maximum Gasteiger partial charge on any atom is 0.0327 e. The van der Waals surface area contributed by atoms with E-state index in [0.717, 1.165) is 16.8 Å². The van der Waals surface area contributed by atoms with Crippen molar-refractivity contribution in [3.63, 3.8) is 0 Å². The molecule has 0 radical (unpaired) electrons. The van der Waals surface area contributed by atoms with Crippen LogP contribution >= 0.6 is 0 Å². The zero-order valence-corrected chi connectivity index (χ0v) is 10.4. The minimum absolute atomic E-state index is 0.760. The number of nitrogens with two attached hydrogens (primary N) is 1. The van der Waals surface area contributed by atoms with E-state index in [1.165, 1.54) is 10.8 Å². The van der Waals surface area contributed by atoms with Gasteiger partial charge < -0.3 is 5.73 Å². The van der Waals surface area contributed by atoms with Crippen molar-refractivity contribution in [3.05, 3.63) is 77.9 Å². The van der Waals surface area contributed by atoms with Gasteiger partial charge in [-0.2, -0.15) is 0 Å². The fraction of sp³-hybridized carbons (Fsp3) is 0. The molecule has 0 bridgehead atoms. The van der Waals surface area contributed by atoms with Gasteiger partial charge in [0.2, 0.25) is 0 Å².